The van der Waals surface area contributed by atoms with E-state index in [9.17, 15) is 10.2 Å². The molecule has 4 rings (SSSR count). The van der Waals surface area contributed by atoms with Crippen LogP contribution in [-0.2, 0) is 0 Å². The molecule has 0 heterocycles. The molecule has 0 aromatic rings. The van der Waals surface area contributed by atoms with Crippen molar-refractivity contribution in [2.45, 2.75) is 144 Å². The normalized spacial score (nSPS) is 44.1. The third-order valence-corrected chi connectivity index (χ3v) is 10.4. The molecule has 6 atom stereocenters. The molecule has 0 radical (unpaired) electrons. The van der Waals surface area contributed by atoms with Crippen LogP contribution in [0.5, 0.6) is 0 Å². The Hall–Kier alpha value is -0.600. The van der Waals surface area contributed by atoms with E-state index in [2.05, 4.69) is 55.4 Å². The predicted octanol–water partition coefficient (Wildman–Crippen LogP) is 8.13. The highest BCUT2D eigenvalue weighted by Gasteiger charge is 2.50. The summed E-state index contributed by atoms with van der Waals surface area (Å²) >= 11 is 0. The number of rotatable bonds is 0. The molecule has 4 aliphatic carbocycles. The minimum absolute atomic E-state index is 0.390. The van der Waals surface area contributed by atoms with Gasteiger partial charge >= 0.3 is 0 Å². The first-order valence-electron chi connectivity index (χ1n) is 13.5. The maximum atomic E-state index is 10.6. The van der Waals surface area contributed by atoms with E-state index in [1.807, 2.05) is 0 Å². The highest BCUT2D eigenvalue weighted by atomic mass is 16.3. The maximum Gasteiger partial charge on any atom is 0.0656 e. The SMILES string of the molecule is CC(C)=C1CC[C@@]2(C)CCC[C@@](C)(O)[C@@H]2C1.CC(C)=C1CC[C@@]2(C)CCC[C@@](C)(O)[C@@H]2C1. The Kier molecular flexibility index (Phi) is 7.49. The zero-order valence-electron chi connectivity index (χ0n) is 22.5. The zero-order chi connectivity index (χ0) is 23.9. The van der Waals surface area contributed by atoms with Crippen LogP contribution in [0.15, 0.2) is 22.3 Å². The van der Waals surface area contributed by atoms with Crippen LogP contribution in [0.1, 0.15) is 132 Å². The van der Waals surface area contributed by atoms with Gasteiger partial charge in [0.1, 0.15) is 0 Å². The molecule has 2 heteroatoms. The van der Waals surface area contributed by atoms with Crippen molar-refractivity contribution in [1.82, 2.24) is 0 Å². The fourth-order valence-electron chi connectivity index (χ4n) is 7.91. The number of fused-ring (bicyclic) bond motifs is 2. The molecule has 2 nitrogen and oxygen atoms in total. The Morgan fingerprint density at radius 1 is 0.594 bits per heavy atom. The molecule has 0 unspecified atom stereocenters. The van der Waals surface area contributed by atoms with Crippen molar-refractivity contribution in [2.75, 3.05) is 0 Å². The standard InChI is InChI=1S/2C15H26O/c2*1-11(2)12-6-9-14(3)7-5-8-15(4,16)13(14)10-12/h2*13,16H,5-10H2,1-4H3/t2*13-,14-,15-/m11/s1. The minimum atomic E-state index is -0.436. The third-order valence-electron chi connectivity index (χ3n) is 10.4. The summed E-state index contributed by atoms with van der Waals surface area (Å²) in [5.74, 6) is 0.958. The molecule has 0 aliphatic heterocycles. The first-order valence-corrected chi connectivity index (χ1v) is 13.5. The van der Waals surface area contributed by atoms with E-state index in [0.29, 0.717) is 22.7 Å². The van der Waals surface area contributed by atoms with Gasteiger partial charge in [-0.1, -0.05) is 49.0 Å². The van der Waals surface area contributed by atoms with Gasteiger partial charge in [-0.15, -0.1) is 0 Å². The maximum absolute atomic E-state index is 10.6. The number of aliphatic hydroxyl groups is 2. The van der Waals surface area contributed by atoms with Crippen LogP contribution in [-0.4, -0.2) is 21.4 Å². The van der Waals surface area contributed by atoms with Gasteiger partial charge in [0.2, 0.25) is 0 Å². The summed E-state index contributed by atoms with van der Waals surface area (Å²) in [4.78, 5) is 0. The lowest BCUT2D eigenvalue weighted by molar-refractivity contribution is -0.105. The summed E-state index contributed by atoms with van der Waals surface area (Å²) in [7, 11) is 0. The first-order chi connectivity index (χ1) is 14.7. The van der Waals surface area contributed by atoms with E-state index in [1.165, 1.54) is 62.5 Å². The highest BCUT2D eigenvalue weighted by Crippen LogP contribution is 2.56. The summed E-state index contributed by atoms with van der Waals surface area (Å²) in [6, 6.07) is 0. The lowest BCUT2D eigenvalue weighted by atomic mass is 9.54. The summed E-state index contributed by atoms with van der Waals surface area (Å²) in [6.07, 6.45) is 14.3. The average Bonchev–Trinajstić information content (AvgIpc) is 2.66. The van der Waals surface area contributed by atoms with Crippen molar-refractivity contribution < 1.29 is 10.2 Å². The number of allylic oxidation sites excluding steroid dienone is 4. The van der Waals surface area contributed by atoms with Gasteiger partial charge in [0, 0.05) is 0 Å². The molecule has 32 heavy (non-hydrogen) atoms. The van der Waals surface area contributed by atoms with E-state index in [0.717, 1.165) is 25.7 Å². The smallest absolute Gasteiger partial charge is 0.0656 e. The van der Waals surface area contributed by atoms with Gasteiger partial charge in [-0.3, -0.25) is 0 Å². The monoisotopic (exact) mass is 444 g/mol. The molecule has 0 amide bonds. The van der Waals surface area contributed by atoms with Crippen molar-refractivity contribution >= 4 is 0 Å². The summed E-state index contributed by atoms with van der Waals surface area (Å²) in [5.41, 5.74) is 6.06. The third kappa shape index (κ3) is 5.22. The second kappa shape index (κ2) is 9.21. The molecule has 2 N–H and O–H groups in total. The molecule has 0 saturated heterocycles. The van der Waals surface area contributed by atoms with Crippen LogP contribution in [0.25, 0.3) is 0 Å². The molecule has 0 spiro atoms. The molecule has 0 aromatic heterocycles. The van der Waals surface area contributed by atoms with Crippen molar-refractivity contribution in [3.8, 4) is 0 Å². The minimum Gasteiger partial charge on any atom is -0.390 e. The largest absolute Gasteiger partial charge is 0.390 e. The van der Waals surface area contributed by atoms with E-state index in [-0.39, 0.29) is 0 Å². The second-order valence-corrected chi connectivity index (χ2v) is 13.5. The second-order valence-electron chi connectivity index (χ2n) is 13.5. The summed E-state index contributed by atoms with van der Waals surface area (Å²) in [5, 5.41) is 21.2. The van der Waals surface area contributed by atoms with Gasteiger partial charge in [-0.25, -0.2) is 0 Å². The zero-order valence-corrected chi connectivity index (χ0v) is 22.5. The predicted molar refractivity (Wildman–Crippen MR) is 137 cm³/mol. The van der Waals surface area contributed by atoms with Crippen LogP contribution < -0.4 is 0 Å². The van der Waals surface area contributed by atoms with E-state index < -0.39 is 11.2 Å². The Labute approximate surface area is 199 Å². The molecule has 4 aliphatic rings. The summed E-state index contributed by atoms with van der Waals surface area (Å²) < 4.78 is 0. The van der Waals surface area contributed by atoms with Gasteiger partial charge in [-0.2, -0.15) is 0 Å². The van der Waals surface area contributed by atoms with Crippen molar-refractivity contribution in [2.24, 2.45) is 22.7 Å². The Morgan fingerprint density at radius 2 is 0.938 bits per heavy atom. The van der Waals surface area contributed by atoms with Gasteiger partial charge in [0.25, 0.3) is 0 Å². The van der Waals surface area contributed by atoms with Crippen LogP contribution in [0.3, 0.4) is 0 Å². The average molecular weight is 445 g/mol. The van der Waals surface area contributed by atoms with E-state index in [4.69, 9.17) is 0 Å². The quantitative estimate of drug-likeness (QED) is 0.370. The van der Waals surface area contributed by atoms with Gasteiger partial charge < -0.3 is 10.2 Å². The van der Waals surface area contributed by atoms with E-state index >= 15 is 0 Å². The van der Waals surface area contributed by atoms with Crippen LogP contribution >= 0.6 is 0 Å². The van der Waals surface area contributed by atoms with Gasteiger partial charge in [-0.05, 0) is 128 Å². The molecule has 0 aromatic carbocycles. The fraction of sp³-hybridized carbons (Fsp3) is 0.867. The highest BCUT2D eigenvalue weighted by molar-refractivity contribution is 5.19. The molecule has 0 bridgehead atoms. The number of hydrogen-bond donors (Lipinski definition) is 2. The van der Waals surface area contributed by atoms with Crippen molar-refractivity contribution in [3.63, 3.8) is 0 Å². The Bertz CT molecular complexity index is 683. The van der Waals surface area contributed by atoms with Crippen molar-refractivity contribution in [1.29, 1.82) is 0 Å². The summed E-state index contributed by atoms with van der Waals surface area (Å²) in [6.45, 7) is 17.8. The Morgan fingerprint density at radius 3 is 1.25 bits per heavy atom. The molecule has 4 saturated carbocycles. The molecule has 184 valence electrons. The van der Waals surface area contributed by atoms with Crippen LogP contribution in [0.4, 0.5) is 0 Å². The topological polar surface area (TPSA) is 40.5 Å². The van der Waals surface area contributed by atoms with Crippen molar-refractivity contribution in [3.05, 3.63) is 22.3 Å². The van der Waals surface area contributed by atoms with Gasteiger partial charge in [0.15, 0.2) is 0 Å². The Balaban J connectivity index is 0.000000181. The lowest BCUT2D eigenvalue weighted by Gasteiger charge is -2.53. The molecular formula is C30H52O2. The molecule has 4 fully saturated rings. The van der Waals surface area contributed by atoms with Crippen LogP contribution in [0, 0.1) is 22.7 Å². The van der Waals surface area contributed by atoms with E-state index in [1.54, 1.807) is 11.1 Å². The molecular weight excluding hydrogens is 392 g/mol. The van der Waals surface area contributed by atoms with Crippen LogP contribution in [0.2, 0.25) is 0 Å². The van der Waals surface area contributed by atoms with Gasteiger partial charge in [0.05, 0.1) is 11.2 Å². The fourth-order valence-corrected chi connectivity index (χ4v) is 7.91. The number of hydrogen-bond acceptors (Lipinski definition) is 2. The lowest BCUT2D eigenvalue weighted by Crippen LogP contribution is -2.50. The first kappa shape index (κ1) is 26.0.